The van der Waals surface area contributed by atoms with Crippen LogP contribution in [0, 0.1) is 32.6 Å². The Kier molecular flexibility index (Phi) is 2.64. The van der Waals surface area contributed by atoms with Crippen LogP contribution in [0.1, 0.15) is 48.4 Å². The molecule has 1 aliphatic carbocycles. The number of benzene rings is 1. The lowest BCUT2D eigenvalue weighted by Crippen LogP contribution is -2.65. The molecule has 1 aromatic carbocycles. The van der Waals surface area contributed by atoms with Crippen LogP contribution in [0.25, 0.3) is 0 Å². The minimum Gasteiger partial charge on any atom is -0.299 e. The molecular formula is C19H27N. The molecule has 108 valence electrons. The molecule has 3 atom stereocenters. The molecule has 3 aliphatic heterocycles. The minimum absolute atomic E-state index is 0.449. The third-order valence-electron chi connectivity index (χ3n) is 6.65. The number of piperidine rings is 3. The van der Waals surface area contributed by atoms with Gasteiger partial charge in [-0.3, -0.25) is 4.90 Å². The number of aryl methyl sites for hydroxylation is 2. The fraction of sp³-hybridized carbons (Fsp3) is 0.684. The average Bonchev–Trinajstić information content (AvgIpc) is 2.39. The van der Waals surface area contributed by atoms with Crippen LogP contribution in [0.3, 0.4) is 0 Å². The number of hydrogen-bond donors (Lipinski definition) is 0. The predicted molar refractivity (Wildman–Crippen MR) is 84.2 cm³/mol. The van der Waals surface area contributed by atoms with E-state index in [1.807, 2.05) is 0 Å². The van der Waals surface area contributed by atoms with Crippen LogP contribution in [-0.2, 0) is 5.41 Å². The Balaban J connectivity index is 1.88. The monoisotopic (exact) mass is 269 g/mol. The predicted octanol–water partition coefficient (Wildman–Crippen LogP) is 3.98. The van der Waals surface area contributed by atoms with Crippen LogP contribution >= 0.6 is 0 Å². The lowest BCUT2D eigenvalue weighted by molar-refractivity contribution is -0.0788. The topological polar surface area (TPSA) is 3.24 Å². The van der Waals surface area contributed by atoms with Gasteiger partial charge in [0.05, 0.1) is 0 Å². The van der Waals surface area contributed by atoms with Gasteiger partial charge in [0.2, 0.25) is 0 Å². The maximum atomic E-state index is 2.79. The normalized spacial score (nSPS) is 42.2. The quantitative estimate of drug-likeness (QED) is 0.745. The second-order valence-corrected chi connectivity index (χ2v) is 7.92. The lowest BCUT2D eigenvalue weighted by atomic mass is 9.53. The molecule has 1 nitrogen and oxygen atoms in total. The van der Waals surface area contributed by atoms with Gasteiger partial charge in [-0.15, -0.1) is 0 Å². The highest BCUT2D eigenvalue weighted by Crippen LogP contribution is 2.56. The van der Waals surface area contributed by atoms with Gasteiger partial charge in [-0.2, -0.15) is 0 Å². The van der Waals surface area contributed by atoms with Gasteiger partial charge in [-0.25, -0.2) is 0 Å². The van der Waals surface area contributed by atoms with Crippen LogP contribution in [0.5, 0.6) is 0 Å². The van der Waals surface area contributed by atoms with E-state index in [4.69, 9.17) is 0 Å². The second-order valence-electron chi connectivity index (χ2n) is 7.92. The Morgan fingerprint density at radius 3 is 2.35 bits per heavy atom. The van der Waals surface area contributed by atoms with Gasteiger partial charge >= 0.3 is 0 Å². The van der Waals surface area contributed by atoms with E-state index in [1.165, 1.54) is 43.5 Å². The molecule has 3 unspecified atom stereocenters. The summed E-state index contributed by atoms with van der Waals surface area (Å²) >= 11 is 0. The summed E-state index contributed by atoms with van der Waals surface area (Å²) in [4.78, 5) is 2.79. The van der Waals surface area contributed by atoms with Crippen LogP contribution in [-0.4, -0.2) is 24.0 Å². The molecule has 5 rings (SSSR count). The molecule has 1 heteroatoms. The van der Waals surface area contributed by atoms with E-state index in [0.29, 0.717) is 5.41 Å². The van der Waals surface area contributed by atoms with Gasteiger partial charge in [0.1, 0.15) is 0 Å². The molecule has 3 heterocycles. The Labute approximate surface area is 123 Å². The van der Waals surface area contributed by atoms with E-state index in [1.54, 1.807) is 11.1 Å². The first kappa shape index (κ1) is 12.9. The van der Waals surface area contributed by atoms with Crippen LogP contribution in [0.15, 0.2) is 12.1 Å². The van der Waals surface area contributed by atoms with Gasteiger partial charge in [-0.1, -0.05) is 17.7 Å². The highest BCUT2D eigenvalue weighted by molar-refractivity contribution is 5.44. The first-order valence-corrected chi connectivity index (χ1v) is 8.32. The zero-order chi connectivity index (χ0) is 14.1. The lowest BCUT2D eigenvalue weighted by Gasteiger charge is -2.62. The summed E-state index contributed by atoms with van der Waals surface area (Å²) < 4.78 is 0. The van der Waals surface area contributed by atoms with E-state index < -0.39 is 0 Å². The van der Waals surface area contributed by atoms with Crippen molar-refractivity contribution in [1.82, 2.24) is 4.90 Å². The summed E-state index contributed by atoms with van der Waals surface area (Å²) in [5.41, 5.74) is 6.62. The third-order valence-corrected chi connectivity index (χ3v) is 6.65. The SMILES string of the molecule is Cc1cc(C)c(C)c(C23CC4CC(CN(C4)C2C)C3)c1. The first-order chi connectivity index (χ1) is 9.49. The zero-order valence-corrected chi connectivity index (χ0v) is 13.4. The van der Waals surface area contributed by atoms with E-state index in [-0.39, 0.29) is 0 Å². The summed E-state index contributed by atoms with van der Waals surface area (Å²) in [5, 5.41) is 0. The third kappa shape index (κ3) is 1.59. The van der Waals surface area contributed by atoms with E-state index in [9.17, 15) is 0 Å². The Hall–Kier alpha value is -0.820. The molecule has 0 aromatic heterocycles. The largest absolute Gasteiger partial charge is 0.299 e. The van der Waals surface area contributed by atoms with Crippen molar-refractivity contribution in [2.45, 2.75) is 58.4 Å². The van der Waals surface area contributed by atoms with Gasteiger partial charge in [0.15, 0.2) is 0 Å². The average molecular weight is 269 g/mol. The van der Waals surface area contributed by atoms with Crippen LogP contribution in [0.4, 0.5) is 0 Å². The molecule has 0 N–H and O–H groups in total. The van der Waals surface area contributed by atoms with Crippen molar-refractivity contribution >= 4 is 0 Å². The van der Waals surface area contributed by atoms with Crippen molar-refractivity contribution < 1.29 is 0 Å². The van der Waals surface area contributed by atoms with Crippen molar-refractivity contribution in [2.75, 3.05) is 13.1 Å². The fourth-order valence-corrected chi connectivity index (χ4v) is 5.78. The van der Waals surface area contributed by atoms with Gasteiger partial charge in [0.25, 0.3) is 0 Å². The molecule has 0 amide bonds. The van der Waals surface area contributed by atoms with Crippen molar-refractivity contribution in [3.8, 4) is 0 Å². The smallest absolute Gasteiger partial charge is 0.0164 e. The maximum Gasteiger partial charge on any atom is 0.0164 e. The van der Waals surface area contributed by atoms with Crippen molar-refractivity contribution in [1.29, 1.82) is 0 Å². The molecular weight excluding hydrogens is 242 g/mol. The highest BCUT2D eigenvalue weighted by atomic mass is 15.2. The van der Waals surface area contributed by atoms with Gasteiger partial charge < -0.3 is 0 Å². The number of nitrogens with zero attached hydrogens (tertiary/aromatic N) is 1. The Bertz CT molecular complexity index is 545. The number of rotatable bonds is 1. The standard InChI is InChI=1S/C19H27N/c1-12-5-13(2)14(3)18(6-12)19-8-16-7-17(9-19)11-20(10-16)15(19)4/h5-6,15-17H,7-11H2,1-4H3. The first-order valence-electron chi connectivity index (χ1n) is 8.32. The highest BCUT2D eigenvalue weighted by Gasteiger charge is 2.55. The van der Waals surface area contributed by atoms with Gasteiger partial charge in [0, 0.05) is 24.5 Å². The minimum atomic E-state index is 0.449. The zero-order valence-electron chi connectivity index (χ0n) is 13.4. The summed E-state index contributed by atoms with van der Waals surface area (Å²) in [6, 6.07) is 5.59. The van der Waals surface area contributed by atoms with Crippen molar-refractivity contribution in [3.63, 3.8) is 0 Å². The second kappa shape index (κ2) is 4.10. The molecule has 0 radical (unpaired) electrons. The number of hydrogen-bond acceptors (Lipinski definition) is 1. The molecule has 4 bridgehead atoms. The maximum absolute atomic E-state index is 2.79. The fourth-order valence-electron chi connectivity index (χ4n) is 5.78. The summed E-state index contributed by atoms with van der Waals surface area (Å²) in [6.07, 6.45) is 4.37. The Morgan fingerprint density at radius 1 is 1.05 bits per heavy atom. The molecule has 1 aromatic rings. The molecule has 1 saturated carbocycles. The molecule has 4 aliphatic rings. The molecule has 20 heavy (non-hydrogen) atoms. The van der Waals surface area contributed by atoms with Crippen molar-refractivity contribution in [2.24, 2.45) is 11.8 Å². The Morgan fingerprint density at radius 2 is 1.70 bits per heavy atom. The molecule has 3 saturated heterocycles. The van der Waals surface area contributed by atoms with Gasteiger partial charge in [-0.05, 0) is 75.5 Å². The van der Waals surface area contributed by atoms with E-state index in [0.717, 1.165) is 17.9 Å². The van der Waals surface area contributed by atoms with E-state index >= 15 is 0 Å². The summed E-state index contributed by atoms with van der Waals surface area (Å²) in [6.45, 7) is 12.1. The summed E-state index contributed by atoms with van der Waals surface area (Å²) in [5.74, 6) is 1.91. The molecule has 0 spiro atoms. The van der Waals surface area contributed by atoms with Crippen molar-refractivity contribution in [3.05, 3.63) is 34.4 Å². The molecule has 4 fully saturated rings. The van der Waals surface area contributed by atoms with E-state index in [2.05, 4.69) is 44.7 Å². The van der Waals surface area contributed by atoms with Crippen LogP contribution in [0.2, 0.25) is 0 Å². The van der Waals surface area contributed by atoms with Crippen LogP contribution < -0.4 is 0 Å². The summed E-state index contributed by atoms with van der Waals surface area (Å²) in [7, 11) is 0.